The number of carbonyl (C=O) groups excluding carboxylic acids is 2. The van der Waals surface area contributed by atoms with Gasteiger partial charge in [-0.1, -0.05) is 73.9 Å². The molecule has 8 nitrogen and oxygen atoms in total. The number of hydrogen-bond acceptors (Lipinski definition) is 5. The van der Waals surface area contributed by atoms with Crippen molar-refractivity contribution in [2.75, 3.05) is 16.2 Å². The second-order valence-electron chi connectivity index (χ2n) is 9.69. The minimum atomic E-state index is -3.82. The minimum Gasteiger partial charge on any atom is -0.476 e. The second-order valence-corrected chi connectivity index (χ2v) is 11.6. The van der Waals surface area contributed by atoms with Gasteiger partial charge in [-0.2, -0.15) is 0 Å². The lowest BCUT2D eigenvalue weighted by atomic mass is 9.95. The van der Waals surface area contributed by atoms with Gasteiger partial charge in [0.05, 0.1) is 29.2 Å². The number of amides is 2. The Morgan fingerprint density at radius 3 is 2.34 bits per heavy atom. The third-order valence-corrected chi connectivity index (χ3v) is 8.64. The molecule has 2 aliphatic rings. The van der Waals surface area contributed by atoms with Crippen molar-refractivity contribution < 1.29 is 22.7 Å². The van der Waals surface area contributed by atoms with E-state index in [2.05, 4.69) is 10.6 Å². The van der Waals surface area contributed by atoms with Gasteiger partial charge >= 0.3 is 0 Å². The van der Waals surface area contributed by atoms with Crippen LogP contribution < -0.4 is 19.7 Å². The highest BCUT2D eigenvalue weighted by atomic mass is 32.2. The predicted octanol–water partition coefficient (Wildman–Crippen LogP) is 4.49. The third-order valence-electron chi connectivity index (χ3n) is 6.92. The lowest BCUT2D eigenvalue weighted by Crippen LogP contribution is -2.49. The number of anilines is 2. The first kappa shape index (κ1) is 25.8. The molecular formula is C29H31N3O5S. The number of para-hydroxylation sites is 3. The van der Waals surface area contributed by atoms with E-state index in [4.69, 9.17) is 4.74 Å². The number of nitrogens with zero attached hydrogens (tertiary/aromatic N) is 1. The molecule has 3 aromatic carbocycles. The van der Waals surface area contributed by atoms with Crippen LogP contribution in [-0.4, -0.2) is 38.9 Å². The molecule has 1 saturated carbocycles. The summed E-state index contributed by atoms with van der Waals surface area (Å²) in [4.78, 5) is 26.4. The molecule has 2 amide bonds. The number of sulfonamides is 1. The molecule has 1 heterocycles. The number of carbonyl (C=O) groups is 2. The van der Waals surface area contributed by atoms with E-state index >= 15 is 0 Å². The Morgan fingerprint density at radius 1 is 0.868 bits per heavy atom. The van der Waals surface area contributed by atoms with E-state index in [1.165, 1.54) is 10.7 Å². The number of benzene rings is 3. The zero-order valence-corrected chi connectivity index (χ0v) is 21.8. The molecule has 1 aliphatic carbocycles. The van der Waals surface area contributed by atoms with Gasteiger partial charge in [0.1, 0.15) is 5.75 Å². The Labute approximate surface area is 223 Å². The van der Waals surface area contributed by atoms with E-state index in [9.17, 15) is 18.0 Å². The average Bonchev–Trinajstić information content (AvgIpc) is 2.93. The van der Waals surface area contributed by atoms with Crippen molar-refractivity contribution in [2.45, 2.75) is 50.0 Å². The van der Waals surface area contributed by atoms with Crippen molar-refractivity contribution in [2.24, 2.45) is 0 Å². The molecule has 0 aromatic heterocycles. The highest BCUT2D eigenvalue weighted by Gasteiger charge is 2.37. The summed E-state index contributed by atoms with van der Waals surface area (Å²) < 4.78 is 34.1. The molecule has 198 valence electrons. The molecular weight excluding hydrogens is 502 g/mol. The van der Waals surface area contributed by atoms with Crippen LogP contribution in [0.1, 0.15) is 48.0 Å². The molecule has 5 rings (SSSR count). The lowest BCUT2D eigenvalue weighted by molar-refractivity contribution is -0.122. The fourth-order valence-corrected chi connectivity index (χ4v) is 6.56. The normalized spacial score (nSPS) is 17.7. The SMILES string of the molecule is O=C(NC1CCCCC1)c1ccccc1NC(=O)C1CN(S(=O)(=O)Cc2ccccc2)c2ccccc2O1. The first-order valence-electron chi connectivity index (χ1n) is 12.9. The van der Waals surface area contributed by atoms with Crippen molar-refractivity contribution in [3.8, 4) is 5.75 Å². The van der Waals surface area contributed by atoms with E-state index in [1.807, 2.05) is 6.07 Å². The number of hydrogen-bond donors (Lipinski definition) is 2. The summed E-state index contributed by atoms with van der Waals surface area (Å²) in [6.45, 7) is -0.186. The van der Waals surface area contributed by atoms with Gasteiger partial charge in [-0.05, 0) is 42.7 Å². The van der Waals surface area contributed by atoms with Gasteiger partial charge in [-0.25, -0.2) is 8.42 Å². The quantitative estimate of drug-likeness (QED) is 0.466. The monoisotopic (exact) mass is 533 g/mol. The van der Waals surface area contributed by atoms with Crippen LogP contribution in [0.2, 0.25) is 0 Å². The maximum atomic E-state index is 13.5. The van der Waals surface area contributed by atoms with E-state index in [0.29, 0.717) is 28.3 Å². The van der Waals surface area contributed by atoms with Crippen LogP contribution in [0.5, 0.6) is 5.75 Å². The van der Waals surface area contributed by atoms with Crippen molar-refractivity contribution in [1.29, 1.82) is 0 Å². The molecule has 0 bridgehead atoms. The molecule has 0 spiro atoms. The second kappa shape index (κ2) is 11.3. The van der Waals surface area contributed by atoms with Crippen LogP contribution in [0.15, 0.2) is 78.9 Å². The highest BCUT2D eigenvalue weighted by molar-refractivity contribution is 7.92. The van der Waals surface area contributed by atoms with Gasteiger partial charge in [0.15, 0.2) is 6.10 Å². The van der Waals surface area contributed by atoms with Gasteiger partial charge < -0.3 is 15.4 Å². The van der Waals surface area contributed by atoms with Gasteiger partial charge in [0.2, 0.25) is 10.0 Å². The topological polar surface area (TPSA) is 105 Å². The maximum Gasteiger partial charge on any atom is 0.267 e. The molecule has 1 unspecified atom stereocenters. The summed E-state index contributed by atoms with van der Waals surface area (Å²) in [6, 6.07) is 22.6. The Kier molecular flexibility index (Phi) is 7.64. The molecule has 1 atom stereocenters. The smallest absolute Gasteiger partial charge is 0.267 e. The Bertz CT molecular complexity index is 1400. The first-order valence-corrected chi connectivity index (χ1v) is 14.5. The van der Waals surface area contributed by atoms with Crippen molar-refractivity contribution in [1.82, 2.24) is 5.32 Å². The fourth-order valence-electron chi connectivity index (χ4n) is 4.98. The molecule has 0 radical (unpaired) electrons. The van der Waals surface area contributed by atoms with Gasteiger partial charge in [-0.3, -0.25) is 13.9 Å². The highest BCUT2D eigenvalue weighted by Crippen LogP contribution is 2.36. The molecule has 9 heteroatoms. The molecule has 1 fully saturated rings. The van der Waals surface area contributed by atoms with Crippen molar-refractivity contribution >= 4 is 33.2 Å². The predicted molar refractivity (Wildman–Crippen MR) is 147 cm³/mol. The standard InChI is InChI=1S/C29H31N3O5S/c33-28(30-22-13-5-2-6-14-22)23-15-7-8-16-24(23)31-29(34)27-19-32(25-17-9-10-18-26(25)37-27)38(35,36)20-21-11-3-1-4-12-21/h1,3-4,7-12,15-18,22,27H,2,5-6,13-14,19-20H2,(H,30,33)(H,31,34). The van der Waals surface area contributed by atoms with Crippen molar-refractivity contribution in [3.05, 3.63) is 90.0 Å². The molecule has 1 aliphatic heterocycles. The first-order chi connectivity index (χ1) is 18.4. The Hall–Kier alpha value is -3.85. The fraction of sp³-hybridized carbons (Fsp3) is 0.310. The number of rotatable bonds is 7. The molecule has 3 aromatic rings. The summed E-state index contributed by atoms with van der Waals surface area (Å²) in [6.07, 6.45) is 4.15. The summed E-state index contributed by atoms with van der Waals surface area (Å²) in [5, 5.41) is 5.89. The average molecular weight is 534 g/mol. The maximum absolute atomic E-state index is 13.5. The van der Waals surface area contributed by atoms with Crippen molar-refractivity contribution in [3.63, 3.8) is 0 Å². The summed E-state index contributed by atoms with van der Waals surface area (Å²) in [5.41, 5.74) is 1.75. The Balaban J connectivity index is 1.35. The van der Waals surface area contributed by atoms with Crippen LogP contribution in [0.4, 0.5) is 11.4 Å². The third kappa shape index (κ3) is 5.83. The summed E-state index contributed by atoms with van der Waals surface area (Å²) in [5.74, 6) is -0.674. The number of fused-ring (bicyclic) bond motifs is 1. The van der Waals surface area contributed by atoms with E-state index < -0.39 is 22.0 Å². The van der Waals surface area contributed by atoms with E-state index in [-0.39, 0.29) is 24.2 Å². The largest absolute Gasteiger partial charge is 0.476 e. The zero-order chi connectivity index (χ0) is 26.5. The minimum absolute atomic E-state index is 0.126. The van der Waals surface area contributed by atoms with Gasteiger partial charge in [-0.15, -0.1) is 0 Å². The number of ether oxygens (including phenoxy) is 1. The summed E-state index contributed by atoms with van der Waals surface area (Å²) >= 11 is 0. The zero-order valence-electron chi connectivity index (χ0n) is 21.0. The van der Waals surface area contributed by atoms with Crippen LogP contribution in [-0.2, 0) is 20.6 Å². The lowest BCUT2D eigenvalue weighted by Gasteiger charge is -2.34. The van der Waals surface area contributed by atoms with E-state index in [0.717, 1.165) is 25.7 Å². The Morgan fingerprint density at radius 2 is 1.55 bits per heavy atom. The molecule has 0 saturated heterocycles. The van der Waals surface area contributed by atoms with Crippen LogP contribution in [0.3, 0.4) is 0 Å². The van der Waals surface area contributed by atoms with Crippen LogP contribution >= 0.6 is 0 Å². The van der Waals surface area contributed by atoms with E-state index in [1.54, 1.807) is 72.8 Å². The summed E-state index contributed by atoms with van der Waals surface area (Å²) in [7, 11) is -3.82. The molecule has 2 N–H and O–H groups in total. The van der Waals surface area contributed by atoms with Crippen LogP contribution in [0.25, 0.3) is 0 Å². The van der Waals surface area contributed by atoms with Gasteiger partial charge in [0, 0.05) is 6.04 Å². The van der Waals surface area contributed by atoms with Gasteiger partial charge in [0.25, 0.3) is 11.8 Å². The molecule has 38 heavy (non-hydrogen) atoms. The number of nitrogens with one attached hydrogen (secondary N) is 2. The van der Waals surface area contributed by atoms with Crippen LogP contribution in [0, 0.1) is 0 Å².